The van der Waals surface area contributed by atoms with Crippen LogP contribution in [0.2, 0.25) is 5.02 Å². The molecule has 3 N–H and O–H groups in total. The molecule has 1 aliphatic heterocycles. The van der Waals surface area contributed by atoms with Crippen LogP contribution in [0.25, 0.3) is 0 Å². The summed E-state index contributed by atoms with van der Waals surface area (Å²) in [6, 6.07) is 5.23. The van der Waals surface area contributed by atoms with Crippen molar-refractivity contribution < 1.29 is 4.39 Å². The molecule has 4 rings (SSSR count). The van der Waals surface area contributed by atoms with Crippen LogP contribution in [0.15, 0.2) is 29.4 Å². The highest BCUT2D eigenvalue weighted by Crippen LogP contribution is 2.26. The van der Waals surface area contributed by atoms with Gasteiger partial charge in [0.2, 0.25) is 0 Å². The topological polar surface area (TPSA) is 76.2 Å². The lowest BCUT2D eigenvalue weighted by Gasteiger charge is -2.29. The Morgan fingerprint density at radius 1 is 1.24 bits per heavy atom. The number of fused-ring (bicyclic) bond motifs is 1. The number of halogens is 2. The van der Waals surface area contributed by atoms with Gasteiger partial charge in [0.1, 0.15) is 11.5 Å². The third-order valence-electron chi connectivity index (χ3n) is 4.82. The molecule has 7 heteroatoms. The Bertz CT molecular complexity index is 838. The number of aliphatic imine (C=N–C) groups is 1. The predicted octanol–water partition coefficient (Wildman–Crippen LogP) is 3.30. The van der Waals surface area contributed by atoms with Crippen molar-refractivity contribution in [1.29, 1.82) is 0 Å². The Labute approximate surface area is 150 Å². The van der Waals surface area contributed by atoms with E-state index in [0.29, 0.717) is 29.3 Å². The lowest BCUT2D eigenvalue weighted by Crippen LogP contribution is -2.42. The molecule has 0 saturated heterocycles. The van der Waals surface area contributed by atoms with E-state index in [1.165, 1.54) is 18.9 Å². The highest BCUT2D eigenvalue weighted by Gasteiger charge is 2.26. The molecule has 0 bridgehead atoms. The standard InChI is InChI=1S/C18H19ClFN5/c19-11-5-3-4-10(16(11)20)17-18-14(8-22-17)25-15(9-23-18)24-13-7-2-1-6-12(13)21/h3-5,9,12-13H,1-2,6-8,21H2,(H,24,25)/t12-,13+/m1/s1. The second-order valence-electron chi connectivity index (χ2n) is 6.52. The molecule has 0 unspecified atom stereocenters. The number of benzene rings is 1. The Morgan fingerprint density at radius 2 is 2.08 bits per heavy atom. The van der Waals surface area contributed by atoms with E-state index in [2.05, 4.69) is 20.3 Å². The summed E-state index contributed by atoms with van der Waals surface area (Å²) in [6.07, 6.45) is 6.08. The van der Waals surface area contributed by atoms with E-state index < -0.39 is 5.82 Å². The highest BCUT2D eigenvalue weighted by molar-refractivity contribution is 6.31. The number of hydrogen-bond donors (Lipinski definition) is 2. The normalized spacial score (nSPS) is 22.4. The average Bonchev–Trinajstić information content (AvgIpc) is 3.02. The van der Waals surface area contributed by atoms with Crippen LogP contribution in [-0.2, 0) is 6.54 Å². The Balaban J connectivity index is 1.58. The largest absolute Gasteiger partial charge is 0.364 e. The van der Waals surface area contributed by atoms with Crippen LogP contribution in [0.4, 0.5) is 10.2 Å². The fourth-order valence-electron chi connectivity index (χ4n) is 3.46. The zero-order valence-electron chi connectivity index (χ0n) is 13.7. The van der Waals surface area contributed by atoms with Crippen molar-refractivity contribution in [2.75, 3.05) is 5.32 Å². The summed E-state index contributed by atoms with van der Waals surface area (Å²) in [4.78, 5) is 13.5. The van der Waals surface area contributed by atoms with Crippen molar-refractivity contribution in [3.8, 4) is 0 Å². The van der Waals surface area contributed by atoms with E-state index in [1.807, 2.05) is 0 Å². The Hall–Kier alpha value is -2.05. The lowest BCUT2D eigenvalue weighted by atomic mass is 9.91. The second kappa shape index (κ2) is 6.69. The van der Waals surface area contributed by atoms with Crippen LogP contribution < -0.4 is 11.1 Å². The summed E-state index contributed by atoms with van der Waals surface area (Å²) in [5.41, 5.74) is 8.39. The first-order valence-electron chi connectivity index (χ1n) is 8.50. The van der Waals surface area contributed by atoms with Gasteiger partial charge in [0, 0.05) is 17.6 Å². The van der Waals surface area contributed by atoms with Crippen LogP contribution >= 0.6 is 11.6 Å². The van der Waals surface area contributed by atoms with Gasteiger partial charge in [-0.25, -0.2) is 14.4 Å². The molecule has 1 fully saturated rings. The smallest absolute Gasteiger partial charge is 0.151 e. The molecule has 2 aromatic rings. The average molecular weight is 360 g/mol. The first kappa shape index (κ1) is 16.4. The van der Waals surface area contributed by atoms with Gasteiger partial charge in [-0.15, -0.1) is 0 Å². The number of nitrogens with one attached hydrogen (secondary N) is 1. The molecular weight excluding hydrogens is 341 g/mol. The van der Waals surface area contributed by atoms with E-state index in [-0.39, 0.29) is 17.1 Å². The zero-order valence-corrected chi connectivity index (χ0v) is 14.4. The summed E-state index contributed by atoms with van der Waals surface area (Å²) in [6.45, 7) is 0.385. The molecule has 130 valence electrons. The van der Waals surface area contributed by atoms with Crippen LogP contribution in [0, 0.1) is 5.82 Å². The first-order chi connectivity index (χ1) is 12.1. The minimum absolute atomic E-state index is 0.0752. The van der Waals surface area contributed by atoms with E-state index in [9.17, 15) is 4.39 Å². The number of nitrogens with zero attached hydrogens (tertiary/aromatic N) is 3. The minimum Gasteiger partial charge on any atom is -0.364 e. The molecule has 1 aromatic carbocycles. The summed E-state index contributed by atoms with van der Waals surface area (Å²) in [5, 5.41) is 3.47. The van der Waals surface area contributed by atoms with Gasteiger partial charge in [-0.1, -0.05) is 30.5 Å². The SMILES string of the molecule is N[C@@H]1CCCC[C@@H]1Nc1cnc2c(n1)CN=C2c1cccc(Cl)c1F. The second-order valence-corrected chi connectivity index (χ2v) is 6.92. The van der Waals surface area contributed by atoms with E-state index in [0.717, 1.165) is 18.5 Å². The van der Waals surface area contributed by atoms with Gasteiger partial charge in [-0.05, 0) is 25.0 Å². The molecule has 25 heavy (non-hydrogen) atoms. The molecule has 1 aromatic heterocycles. The molecule has 1 saturated carbocycles. The van der Waals surface area contributed by atoms with Crippen LogP contribution in [0.1, 0.15) is 42.6 Å². The third kappa shape index (κ3) is 3.12. The fourth-order valence-corrected chi connectivity index (χ4v) is 3.64. The monoisotopic (exact) mass is 359 g/mol. The number of aromatic nitrogens is 2. The van der Waals surface area contributed by atoms with Gasteiger partial charge < -0.3 is 11.1 Å². The molecule has 0 amide bonds. The quantitative estimate of drug-likeness (QED) is 0.881. The molecule has 0 radical (unpaired) electrons. The Morgan fingerprint density at radius 3 is 2.92 bits per heavy atom. The molecule has 2 heterocycles. The summed E-state index contributed by atoms with van der Waals surface area (Å²) in [7, 11) is 0. The van der Waals surface area contributed by atoms with Crippen molar-refractivity contribution in [2.45, 2.75) is 44.3 Å². The van der Waals surface area contributed by atoms with Crippen molar-refractivity contribution in [3.05, 3.63) is 52.2 Å². The van der Waals surface area contributed by atoms with Crippen molar-refractivity contribution in [2.24, 2.45) is 10.7 Å². The van der Waals surface area contributed by atoms with E-state index in [1.54, 1.807) is 18.3 Å². The van der Waals surface area contributed by atoms with Crippen molar-refractivity contribution in [1.82, 2.24) is 9.97 Å². The van der Waals surface area contributed by atoms with Crippen molar-refractivity contribution in [3.63, 3.8) is 0 Å². The van der Waals surface area contributed by atoms with Gasteiger partial charge in [0.15, 0.2) is 5.82 Å². The highest BCUT2D eigenvalue weighted by atomic mass is 35.5. The van der Waals surface area contributed by atoms with Gasteiger partial charge in [0.05, 0.1) is 29.2 Å². The van der Waals surface area contributed by atoms with Gasteiger partial charge in [-0.2, -0.15) is 0 Å². The molecule has 1 aliphatic carbocycles. The number of hydrogen-bond acceptors (Lipinski definition) is 5. The van der Waals surface area contributed by atoms with Gasteiger partial charge >= 0.3 is 0 Å². The van der Waals surface area contributed by atoms with Crippen LogP contribution in [0.3, 0.4) is 0 Å². The molecular formula is C18H19ClFN5. The van der Waals surface area contributed by atoms with Gasteiger partial charge in [-0.3, -0.25) is 4.99 Å². The first-order valence-corrected chi connectivity index (χ1v) is 8.88. The molecule has 0 spiro atoms. The zero-order chi connectivity index (χ0) is 17.4. The van der Waals surface area contributed by atoms with Crippen molar-refractivity contribution >= 4 is 23.1 Å². The maximum Gasteiger partial charge on any atom is 0.151 e. The van der Waals surface area contributed by atoms with Crippen LogP contribution in [0.5, 0.6) is 0 Å². The molecule has 2 atom stereocenters. The summed E-state index contributed by atoms with van der Waals surface area (Å²) >= 11 is 5.88. The Kier molecular flexibility index (Phi) is 4.39. The maximum atomic E-state index is 14.3. The predicted molar refractivity (Wildman–Crippen MR) is 96.6 cm³/mol. The maximum absolute atomic E-state index is 14.3. The molecule has 5 nitrogen and oxygen atoms in total. The van der Waals surface area contributed by atoms with E-state index in [4.69, 9.17) is 17.3 Å². The minimum atomic E-state index is -0.479. The number of anilines is 1. The fraction of sp³-hybridized carbons (Fsp3) is 0.389. The molecule has 2 aliphatic rings. The van der Waals surface area contributed by atoms with E-state index >= 15 is 0 Å². The van der Waals surface area contributed by atoms with Gasteiger partial charge in [0.25, 0.3) is 0 Å². The lowest BCUT2D eigenvalue weighted by molar-refractivity contribution is 0.403. The summed E-state index contributed by atoms with van der Waals surface area (Å²) < 4.78 is 14.3. The number of rotatable bonds is 3. The number of nitrogens with two attached hydrogens (primary N) is 1. The van der Waals surface area contributed by atoms with Crippen LogP contribution in [-0.4, -0.2) is 27.8 Å². The summed E-state index contributed by atoms with van der Waals surface area (Å²) in [5.74, 6) is 0.220. The third-order valence-corrected chi connectivity index (χ3v) is 5.11.